The van der Waals surface area contributed by atoms with Gasteiger partial charge in [0.25, 0.3) is 0 Å². The van der Waals surface area contributed by atoms with Gasteiger partial charge in [-0.2, -0.15) is 0 Å². The van der Waals surface area contributed by atoms with Crippen LogP contribution >= 0.6 is 11.6 Å². The summed E-state index contributed by atoms with van der Waals surface area (Å²) >= 11 is 6.07. The van der Waals surface area contributed by atoms with Gasteiger partial charge in [-0.25, -0.2) is 0 Å². The lowest BCUT2D eigenvalue weighted by molar-refractivity contribution is 0.478. The number of hydrogen-bond donors (Lipinski definition) is 1. The zero-order valence-electron chi connectivity index (χ0n) is 11.1. The van der Waals surface area contributed by atoms with Crippen LogP contribution in [-0.2, 0) is 6.42 Å². The Morgan fingerprint density at radius 3 is 2.58 bits per heavy atom. The monoisotopic (exact) mass is 276 g/mol. The third-order valence-electron chi connectivity index (χ3n) is 2.86. The van der Waals surface area contributed by atoms with E-state index in [9.17, 15) is 0 Å². The van der Waals surface area contributed by atoms with Crippen molar-refractivity contribution in [2.24, 2.45) is 5.73 Å². The molecule has 0 unspecified atom stereocenters. The van der Waals surface area contributed by atoms with E-state index in [1.165, 1.54) is 0 Å². The second-order valence-corrected chi connectivity index (χ2v) is 4.82. The summed E-state index contributed by atoms with van der Waals surface area (Å²) in [7, 11) is 0. The van der Waals surface area contributed by atoms with Crippen molar-refractivity contribution in [3.63, 3.8) is 0 Å². The van der Waals surface area contributed by atoms with Crippen molar-refractivity contribution in [1.29, 1.82) is 0 Å². The largest absolute Gasteiger partial charge is 0.456 e. The summed E-state index contributed by atoms with van der Waals surface area (Å²) in [6, 6.07) is 9.31. The lowest BCUT2D eigenvalue weighted by Crippen LogP contribution is -2.06. The number of halogens is 1. The predicted molar refractivity (Wildman–Crippen MR) is 77.7 cm³/mol. The highest BCUT2D eigenvalue weighted by atomic mass is 35.5. The second-order valence-electron chi connectivity index (χ2n) is 4.42. The number of aryl methyl sites for hydroxylation is 1. The number of nitrogens with zero attached hydrogens (tertiary/aromatic N) is 1. The molecule has 2 N–H and O–H groups in total. The number of benzene rings is 1. The fourth-order valence-corrected chi connectivity index (χ4v) is 1.99. The van der Waals surface area contributed by atoms with Crippen LogP contribution in [0.15, 0.2) is 36.5 Å². The molecule has 1 aromatic carbocycles. The van der Waals surface area contributed by atoms with Crippen LogP contribution in [0, 0.1) is 0 Å². The molecule has 0 amide bonds. The highest BCUT2D eigenvalue weighted by molar-refractivity contribution is 6.31. The van der Waals surface area contributed by atoms with Gasteiger partial charge in [-0.3, -0.25) is 4.98 Å². The first-order valence-electron chi connectivity index (χ1n) is 6.28. The van der Waals surface area contributed by atoms with E-state index >= 15 is 0 Å². The molecule has 1 atom stereocenters. The first kappa shape index (κ1) is 13.8. The predicted octanol–water partition coefficient (Wildman–Crippen LogP) is 4.11. The Hall–Kier alpha value is -1.58. The fraction of sp³-hybridized carbons (Fsp3) is 0.267. The molecule has 1 aromatic heterocycles. The van der Waals surface area contributed by atoms with Gasteiger partial charge in [-0.15, -0.1) is 0 Å². The van der Waals surface area contributed by atoms with E-state index in [1.54, 1.807) is 6.20 Å². The molecule has 4 heteroatoms. The molecule has 0 spiro atoms. The van der Waals surface area contributed by atoms with Gasteiger partial charge in [0.05, 0.1) is 11.9 Å². The summed E-state index contributed by atoms with van der Waals surface area (Å²) in [5, 5.41) is 0.764. The Bertz CT molecular complexity index is 553. The van der Waals surface area contributed by atoms with Crippen LogP contribution < -0.4 is 10.5 Å². The summed E-state index contributed by atoms with van der Waals surface area (Å²) in [6.45, 7) is 3.96. The van der Waals surface area contributed by atoms with E-state index in [1.807, 2.05) is 37.3 Å². The van der Waals surface area contributed by atoms with Gasteiger partial charge in [-0.1, -0.05) is 18.5 Å². The number of hydrogen-bond acceptors (Lipinski definition) is 3. The van der Waals surface area contributed by atoms with Crippen LogP contribution in [0.3, 0.4) is 0 Å². The molecule has 0 fully saturated rings. The standard InChI is InChI=1S/C15H17ClN2O/c1-3-11-8-12(4-6-14(11)16)19-13-5-7-15(10(2)17)18-9-13/h4-10H,3,17H2,1-2H3/t10-/m0/s1. The average Bonchev–Trinajstić information content (AvgIpc) is 2.41. The topological polar surface area (TPSA) is 48.1 Å². The van der Waals surface area contributed by atoms with Crippen LogP contribution in [-0.4, -0.2) is 4.98 Å². The lowest BCUT2D eigenvalue weighted by atomic mass is 10.1. The molecule has 2 rings (SSSR count). The molecular formula is C15H17ClN2O. The summed E-state index contributed by atoms with van der Waals surface area (Å²) < 4.78 is 5.75. The first-order chi connectivity index (χ1) is 9.10. The Balaban J connectivity index is 2.16. The van der Waals surface area contributed by atoms with E-state index in [0.29, 0.717) is 5.75 Å². The number of rotatable bonds is 4. The van der Waals surface area contributed by atoms with E-state index in [4.69, 9.17) is 22.1 Å². The Morgan fingerprint density at radius 1 is 1.26 bits per heavy atom. The molecule has 2 aromatic rings. The number of pyridine rings is 1. The maximum absolute atomic E-state index is 6.07. The van der Waals surface area contributed by atoms with Crippen LogP contribution in [0.1, 0.15) is 31.1 Å². The minimum Gasteiger partial charge on any atom is -0.456 e. The maximum atomic E-state index is 6.07. The van der Waals surface area contributed by atoms with Crippen LogP contribution in [0.2, 0.25) is 5.02 Å². The van der Waals surface area contributed by atoms with Crippen molar-refractivity contribution in [1.82, 2.24) is 4.98 Å². The van der Waals surface area contributed by atoms with Crippen LogP contribution in [0.4, 0.5) is 0 Å². The van der Waals surface area contributed by atoms with Gasteiger partial charge >= 0.3 is 0 Å². The second kappa shape index (κ2) is 6.04. The van der Waals surface area contributed by atoms with E-state index < -0.39 is 0 Å². The van der Waals surface area contributed by atoms with Crippen molar-refractivity contribution < 1.29 is 4.74 Å². The SMILES string of the molecule is CCc1cc(Oc2ccc([C@H](C)N)nc2)ccc1Cl. The molecule has 3 nitrogen and oxygen atoms in total. The molecule has 0 radical (unpaired) electrons. The minimum absolute atomic E-state index is 0.0729. The normalized spacial score (nSPS) is 12.2. The van der Waals surface area contributed by atoms with E-state index in [-0.39, 0.29) is 6.04 Å². The van der Waals surface area contributed by atoms with Gasteiger partial charge in [0.15, 0.2) is 0 Å². The molecule has 0 aliphatic carbocycles. The molecule has 0 saturated heterocycles. The van der Waals surface area contributed by atoms with Gasteiger partial charge < -0.3 is 10.5 Å². The van der Waals surface area contributed by atoms with Gasteiger partial charge in [0, 0.05) is 11.1 Å². The smallest absolute Gasteiger partial charge is 0.145 e. The molecule has 0 aliphatic rings. The van der Waals surface area contributed by atoms with Crippen molar-refractivity contribution in [3.8, 4) is 11.5 Å². The Morgan fingerprint density at radius 2 is 2.00 bits per heavy atom. The van der Waals surface area contributed by atoms with Crippen molar-refractivity contribution in [3.05, 3.63) is 52.8 Å². The summed E-state index contributed by atoms with van der Waals surface area (Å²) in [4.78, 5) is 4.26. The van der Waals surface area contributed by atoms with Gasteiger partial charge in [0.1, 0.15) is 11.5 Å². The summed E-state index contributed by atoms with van der Waals surface area (Å²) in [5.41, 5.74) is 7.67. The van der Waals surface area contributed by atoms with Crippen LogP contribution in [0.5, 0.6) is 11.5 Å². The molecule has 100 valence electrons. The molecule has 0 aliphatic heterocycles. The van der Waals surface area contributed by atoms with E-state index in [0.717, 1.165) is 28.5 Å². The maximum Gasteiger partial charge on any atom is 0.145 e. The number of nitrogens with two attached hydrogens (primary N) is 1. The van der Waals surface area contributed by atoms with Crippen molar-refractivity contribution in [2.45, 2.75) is 26.3 Å². The van der Waals surface area contributed by atoms with Crippen LogP contribution in [0.25, 0.3) is 0 Å². The third-order valence-corrected chi connectivity index (χ3v) is 3.23. The highest BCUT2D eigenvalue weighted by Gasteiger charge is 2.04. The average molecular weight is 277 g/mol. The van der Waals surface area contributed by atoms with Gasteiger partial charge in [-0.05, 0) is 49.2 Å². The third kappa shape index (κ3) is 3.46. The summed E-state index contributed by atoms with van der Waals surface area (Å²) in [6.07, 6.45) is 2.55. The molecule has 19 heavy (non-hydrogen) atoms. The molecule has 0 bridgehead atoms. The molecule has 0 saturated carbocycles. The molecule has 1 heterocycles. The quantitative estimate of drug-likeness (QED) is 0.914. The zero-order chi connectivity index (χ0) is 13.8. The lowest BCUT2D eigenvalue weighted by Gasteiger charge is -2.09. The highest BCUT2D eigenvalue weighted by Crippen LogP contribution is 2.26. The van der Waals surface area contributed by atoms with Gasteiger partial charge in [0.2, 0.25) is 0 Å². The van der Waals surface area contributed by atoms with E-state index in [2.05, 4.69) is 11.9 Å². The minimum atomic E-state index is -0.0729. The summed E-state index contributed by atoms with van der Waals surface area (Å²) in [5.74, 6) is 1.45. The van der Waals surface area contributed by atoms with Crippen molar-refractivity contribution >= 4 is 11.6 Å². The number of ether oxygens (including phenoxy) is 1. The number of aromatic nitrogens is 1. The fourth-order valence-electron chi connectivity index (χ4n) is 1.74. The molecular weight excluding hydrogens is 260 g/mol. The Labute approximate surface area is 118 Å². The first-order valence-corrected chi connectivity index (χ1v) is 6.65. The van der Waals surface area contributed by atoms with Crippen molar-refractivity contribution in [2.75, 3.05) is 0 Å². The zero-order valence-corrected chi connectivity index (χ0v) is 11.8. The Kier molecular flexibility index (Phi) is 4.40.